The summed E-state index contributed by atoms with van der Waals surface area (Å²) in [7, 11) is 0. The van der Waals surface area contributed by atoms with Gasteiger partial charge in [0.05, 0.1) is 12.6 Å². The van der Waals surface area contributed by atoms with Gasteiger partial charge >= 0.3 is 0 Å². The average molecular weight is 204 g/mol. The van der Waals surface area contributed by atoms with Gasteiger partial charge in [0.15, 0.2) is 0 Å². The minimum absolute atomic E-state index is 0.153. The van der Waals surface area contributed by atoms with E-state index in [1.807, 2.05) is 0 Å². The second-order valence-corrected chi connectivity index (χ2v) is 4.03. The van der Waals surface area contributed by atoms with Crippen molar-refractivity contribution in [3.63, 3.8) is 0 Å². The van der Waals surface area contributed by atoms with Gasteiger partial charge in [-0.2, -0.15) is 0 Å². The summed E-state index contributed by atoms with van der Waals surface area (Å²) in [6.07, 6.45) is 1.64. The Hall–Kier alpha value is -0.710. The van der Waals surface area contributed by atoms with Gasteiger partial charge in [-0.3, -0.25) is 10.1 Å². The zero-order valence-electron chi connectivity index (χ0n) is 7.93. The Morgan fingerprint density at radius 1 is 1.36 bits per heavy atom. The van der Waals surface area contributed by atoms with Gasteiger partial charge in [0.2, 0.25) is 5.91 Å². The molecule has 14 heavy (non-hydrogen) atoms. The Morgan fingerprint density at radius 2 is 2.00 bits per heavy atom. The number of alkyl halides is 2. The lowest BCUT2D eigenvalue weighted by atomic mass is 10.2. The van der Waals surface area contributed by atoms with Crippen molar-refractivity contribution in [2.24, 2.45) is 0 Å². The maximum Gasteiger partial charge on any atom is 0.262 e. The molecule has 0 bridgehead atoms. The van der Waals surface area contributed by atoms with Gasteiger partial charge in [-0.1, -0.05) is 0 Å². The number of amides is 1. The number of nitrogens with one attached hydrogen (secondary N) is 1. The fourth-order valence-electron chi connectivity index (χ4n) is 2.05. The van der Waals surface area contributed by atoms with E-state index in [9.17, 15) is 13.6 Å². The molecule has 0 aliphatic carbocycles. The third kappa shape index (κ3) is 1.87. The van der Waals surface area contributed by atoms with Crippen LogP contribution in [0.2, 0.25) is 0 Å². The van der Waals surface area contributed by atoms with Crippen LogP contribution in [-0.4, -0.2) is 42.4 Å². The molecule has 1 unspecified atom stereocenters. The Kier molecular flexibility index (Phi) is 2.43. The molecule has 2 rings (SSSR count). The number of nitrogens with zero attached hydrogens (tertiary/aromatic N) is 1. The number of hydrogen-bond donors (Lipinski definition) is 1. The molecule has 0 aromatic rings. The van der Waals surface area contributed by atoms with E-state index >= 15 is 0 Å². The van der Waals surface area contributed by atoms with Crippen LogP contribution in [0.1, 0.15) is 19.3 Å². The van der Waals surface area contributed by atoms with Crippen molar-refractivity contribution in [1.29, 1.82) is 0 Å². The largest absolute Gasteiger partial charge is 0.341 e. The second kappa shape index (κ2) is 3.46. The maximum absolute atomic E-state index is 12.8. The van der Waals surface area contributed by atoms with Crippen molar-refractivity contribution >= 4 is 5.91 Å². The molecule has 0 aromatic carbocycles. The van der Waals surface area contributed by atoms with Crippen molar-refractivity contribution in [3.05, 3.63) is 0 Å². The lowest BCUT2D eigenvalue weighted by Gasteiger charge is -2.19. The summed E-state index contributed by atoms with van der Waals surface area (Å²) in [6.45, 7) is 1.09. The van der Waals surface area contributed by atoms with Crippen molar-refractivity contribution in [2.45, 2.75) is 31.2 Å². The van der Waals surface area contributed by atoms with Gasteiger partial charge in [-0.15, -0.1) is 0 Å². The average Bonchev–Trinajstić information content (AvgIpc) is 2.72. The molecule has 2 heterocycles. The summed E-state index contributed by atoms with van der Waals surface area (Å²) in [6, 6.07) is -0.664. The highest BCUT2D eigenvalue weighted by Gasteiger charge is 2.43. The van der Waals surface area contributed by atoms with Crippen molar-refractivity contribution in [1.82, 2.24) is 10.2 Å². The predicted molar refractivity (Wildman–Crippen MR) is 47.2 cm³/mol. The number of hydrogen-bond acceptors (Lipinski definition) is 2. The third-order valence-electron chi connectivity index (χ3n) is 2.83. The van der Waals surface area contributed by atoms with E-state index in [0.29, 0.717) is 0 Å². The standard InChI is InChI=1S/C9H14F2N2O/c10-9(11)5-7(12-6-9)8(14)13-3-1-2-4-13/h7,12H,1-6H2. The van der Waals surface area contributed by atoms with E-state index in [1.165, 1.54) is 0 Å². The Labute approximate surface area is 81.4 Å². The molecule has 0 radical (unpaired) electrons. The monoisotopic (exact) mass is 204 g/mol. The van der Waals surface area contributed by atoms with Crippen molar-refractivity contribution in [2.75, 3.05) is 19.6 Å². The highest BCUT2D eigenvalue weighted by atomic mass is 19.3. The van der Waals surface area contributed by atoms with Crippen molar-refractivity contribution in [3.8, 4) is 0 Å². The third-order valence-corrected chi connectivity index (χ3v) is 2.83. The number of carbonyl (C=O) groups is 1. The summed E-state index contributed by atoms with van der Waals surface area (Å²) < 4.78 is 25.6. The molecule has 0 saturated carbocycles. The molecule has 1 atom stereocenters. The van der Waals surface area contributed by atoms with Crippen LogP contribution in [0.4, 0.5) is 8.78 Å². The van der Waals surface area contributed by atoms with E-state index in [2.05, 4.69) is 5.32 Å². The summed E-state index contributed by atoms with van der Waals surface area (Å²) in [5.41, 5.74) is 0. The van der Waals surface area contributed by atoms with E-state index in [1.54, 1.807) is 4.90 Å². The summed E-state index contributed by atoms with van der Waals surface area (Å²) >= 11 is 0. The number of likely N-dealkylation sites (tertiary alicyclic amines) is 1. The van der Waals surface area contributed by atoms with Gasteiger partial charge in [-0.25, -0.2) is 8.78 Å². The van der Waals surface area contributed by atoms with Crippen LogP contribution >= 0.6 is 0 Å². The van der Waals surface area contributed by atoms with Crippen LogP contribution in [0, 0.1) is 0 Å². The quantitative estimate of drug-likeness (QED) is 0.678. The van der Waals surface area contributed by atoms with Gasteiger partial charge in [0.25, 0.3) is 5.92 Å². The van der Waals surface area contributed by atoms with Crippen LogP contribution in [0.3, 0.4) is 0 Å². The molecule has 0 aromatic heterocycles. The summed E-state index contributed by atoms with van der Waals surface area (Å²) in [5.74, 6) is -2.86. The lowest BCUT2D eigenvalue weighted by Crippen LogP contribution is -2.42. The fraction of sp³-hybridized carbons (Fsp3) is 0.889. The van der Waals surface area contributed by atoms with Crippen LogP contribution < -0.4 is 5.32 Å². The highest BCUT2D eigenvalue weighted by molar-refractivity contribution is 5.82. The topological polar surface area (TPSA) is 32.3 Å². The minimum atomic E-state index is -2.71. The van der Waals surface area contributed by atoms with E-state index in [-0.39, 0.29) is 18.9 Å². The van der Waals surface area contributed by atoms with Gasteiger partial charge in [0.1, 0.15) is 0 Å². The van der Waals surface area contributed by atoms with Crippen LogP contribution in [0.5, 0.6) is 0 Å². The molecule has 5 heteroatoms. The predicted octanol–water partition coefficient (Wildman–Crippen LogP) is 0.606. The first-order chi connectivity index (χ1) is 6.58. The number of carbonyl (C=O) groups excluding carboxylic acids is 1. The summed E-state index contributed by atoms with van der Waals surface area (Å²) in [5, 5.41) is 2.58. The molecule has 0 spiro atoms. The first-order valence-electron chi connectivity index (χ1n) is 4.98. The Balaban J connectivity index is 1.92. The fourth-order valence-corrected chi connectivity index (χ4v) is 2.05. The van der Waals surface area contributed by atoms with E-state index in [4.69, 9.17) is 0 Å². The molecule has 2 aliphatic heterocycles. The van der Waals surface area contributed by atoms with E-state index < -0.39 is 12.0 Å². The summed E-state index contributed by atoms with van der Waals surface area (Å²) in [4.78, 5) is 13.3. The normalized spacial score (nSPS) is 31.0. The van der Waals surface area contributed by atoms with Crippen molar-refractivity contribution < 1.29 is 13.6 Å². The van der Waals surface area contributed by atoms with Gasteiger partial charge < -0.3 is 4.90 Å². The van der Waals surface area contributed by atoms with Gasteiger partial charge in [0, 0.05) is 19.5 Å². The lowest BCUT2D eigenvalue weighted by molar-refractivity contribution is -0.132. The number of halogens is 2. The molecular formula is C9H14F2N2O. The molecular weight excluding hydrogens is 190 g/mol. The SMILES string of the molecule is O=C(C1CC(F)(F)CN1)N1CCCC1. The maximum atomic E-state index is 12.8. The first-order valence-corrected chi connectivity index (χ1v) is 4.98. The Bertz CT molecular complexity index is 239. The number of rotatable bonds is 1. The zero-order chi connectivity index (χ0) is 10.2. The molecule has 3 nitrogen and oxygen atoms in total. The zero-order valence-corrected chi connectivity index (χ0v) is 7.93. The molecule has 2 saturated heterocycles. The van der Waals surface area contributed by atoms with Crippen LogP contribution in [-0.2, 0) is 4.79 Å². The minimum Gasteiger partial charge on any atom is -0.341 e. The molecule has 2 fully saturated rings. The van der Waals surface area contributed by atoms with E-state index in [0.717, 1.165) is 25.9 Å². The first kappa shape index (κ1) is 9.83. The second-order valence-electron chi connectivity index (χ2n) is 4.03. The molecule has 2 aliphatic rings. The smallest absolute Gasteiger partial charge is 0.262 e. The molecule has 1 amide bonds. The van der Waals surface area contributed by atoms with Crippen LogP contribution in [0.25, 0.3) is 0 Å². The highest BCUT2D eigenvalue weighted by Crippen LogP contribution is 2.26. The van der Waals surface area contributed by atoms with Crippen LogP contribution in [0.15, 0.2) is 0 Å². The molecule has 1 N–H and O–H groups in total. The Morgan fingerprint density at radius 3 is 2.50 bits per heavy atom. The molecule has 80 valence electrons. The van der Waals surface area contributed by atoms with Gasteiger partial charge in [-0.05, 0) is 12.8 Å².